The monoisotopic (exact) mass is 601 g/mol. The van der Waals surface area contributed by atoms with Crippen LogP contribution in [0.4, 0.5) is 17.3 Å². The summed E-state index contributed by atoms with van der Waals surface area (Å²) in [5.74, 6) is 0.623. The highest BCUT2D eigenvalue weighted by molar-refractivity contribution is 9.10. The van der Waals surface area contributed by atoms with Crippen molar-refractivity contribution in [3.63, 3.8) is 0 Å². The number of rotatable bonds is 5. The minimum Gasteiger partial charge on any atom is -0.279 e. The molecule has 0 N–H and O–H groups in total. The summed E-state index contributed by atoms with van der Waals surface area (Å²) in [5, 5.41) is 7.31. The lowest BCUT2D eigenvalue weighted by Crippen LogP contribution is -2.15. The zero-order valence-electron chi connectivity index (χ0n) is 22.6. The molecule has 0 radical (unpaired) electrons. The van der Waals surface area contributed by atoms with Crippen LogP contribution in [0.25, 0.3) is 54.8 Å². The molecule has 198 valence electrons. The molecule has 4 heteroatoms. The number of halogens is 1. The molecule has 42 heavy (non-hydrogen) atoms. The average molecular weight is 603 g/mol. The minimum atomic E-state index is 0.623. The van der Waals surface area contributed by atoms with Crippen molar-refractivity contribution in [2.24, 2.45) is 0 Å². The van der Waals surface area contributed by atoms with Crippen LogP contribution in [-0.2, 0) is 0 Å². The van der Waals surface area contributed by atoms with Gasteiger partial charge in [0.05, 0.1) is 17.1 Å². The van der Waals surface area contributed by atoms with Crippen LogP contribution in [0, 0.1) is 0 Å². The van der Waals surface area contributed by atoms with E-state index in [0.29, 0.717) is 5.95 Å². The molecule has 0 bridgehead atoms. The van der Waals surface area contributed by atoms with E-state index in [0.717, 1.165) is 43.7 Å². The first-order valence-corrected chi connectivity index (χ1v) is 14.7. The maximum absolute atomic E-state index is 5.21. The molecule has 0 amide bonds. The molecule has 0 aliphatic heterocycles. The first-order chi connectivity index (χ1) is 20.7. The van der Waals surface area contributed by atoms with E-state index >= 15 is 0 Å². The summed E-state index contributed by atoms with van der Waals surface area (Å²) in [7, 11) is 0. The predicted octanol–water partition coefficient (Wildman–Crippen LogP) is 10.9. The third-order valence-corrected chi connectivity index (χ3v) is 8.59. The third-order valence-electron chi connectivity index (χ3n) is 7.90. The van der Waals surface area contributed by atoms with Gasteiger partial charge in [0.1, 0.15) is 0 Å². The maximum Gasteiger partial charge on any atom is 0.235 e. The van der Waals surface area contributed by atoms with E-state index in [1.807, 2.05) is 42.5 Å². The summed E-state index contributed by atoms with van der Waals surface area (Å²) in [6.07, 6.45) is 0. The Balaban J connectivity index is 1.44. The molecule has 0 atom stereocenters. The van der Waals surface area contributed by atoms with E-state index in [4.69, 9.17) is 9.97 Å². The summed E-state index contributed by atoms with van der Waals surface area (Å²) < 4.78 is 1.10. The van der Waals surface area contributed by atoms with Crippen LogP contribution in [0.1, 0.15) is 0 Å². The lowest BCUT2D eigenvalue weighted by molar-refractivity contribution is 1.09. The molecule has 7 aromatic carbocycles. The van der Waals surface area contributed by atoms with Crippen molar-refractivity contribution in [1.29, 1.82) is 0 Å². The van der Waals surface area contributed by atoms with Crippen molar-refractivity contribution in [1.82, 2.24) is 9.97 Å². The first-order valence-electron chi connectivity index (χ1n) is 14.0. The van der Waals surface area contributed by atoms with Gasteiger partial charge in [0, 0.05) is 26.7 Å². The molecule has 1 heterocycles. The lowest BCUT2D eigenvalue weighted by atomic mass is 9.93. The number of hydrogen-bond acceptors (Lipinski definition) is 3. The molecule has 8 aromatic rings. The summed E-state index contributed by atoms with van der Waals surface area (Å²) in [6, 6.07) is 50.8. The Hall–Kier alpha value is -5.06. The van der Waals surface area contributed by atoms with E-state index in [1.54, 1.807) is 0 Å². The van der Waals surface area contributed by atoms with E-state index in [2.05, 4.69) is 124 Å². The normalized spacial score (nSPS) is 11.5. The number of hydrogen-bond donors (Lipinski definition) is 0. The largest absolute Gasteiger partial charge is 0.279 e. The first kappa shape index (κ1) is 24.7. The van der Waals surface area contributed by atoms with Crippen LogP contribution in [0.15, 0.2) is 150 Å². The molecule has 0 unspecified atom stereocenters. The van der Waals surface area contributed by atoms with Crippen LogP contribution in [0.2, 0.25) is 0 Å². The molecule has 0 fully saturated rings. The van der Waals surface area contributed by atoms with Gasteiger partial charge in [-0.05, 0) is 57.3 Å². The van der Waals surface area contributed by atoms with E-state index in [9.17, 15) is 0 Å². The lowest BCUT2D eigenvalue weighted by Gasteiger charge is -2.26. The topological polar surface area (TPSA) is 29.0 Å². The fourth-order valence-electron chi connectivity index (χ4n) is 5.93. The number of benzene rings is 7. The predicted molar refractivity (Wildman–Crippen MR) is 179 cm³/mol. The van der Waals surface area contributed by atoms with Crippen molar-refractivity contribution < 1.29 is 0 Å². The Morgan fingerprint density at radius 2 is 0.976 bits per heavy atom. The summed E-state index contributed by atoms with van der Waals surface area (Å²) >= 11 is 3.79. The van der Waals surface area contributed by atoms with Crippen LogP contribution < -0.4 is 4.90 Å². The van der Waals surface area contributed by atoms with Gasteiger partial charge < -0.3 is 0 Å². The molecule has 0 aliphatic carbocycles. The fraction of sp³-hybridized carbons (Fsp3) is 0. The van der Waals surface area contributed by atoms with Gasteiger partial charge in [-0.1, -0.05) is 131 Å². The molecular weight excluding hydrogens is 578 g/mol. The Morgan fingerprint density at radius 3 is 1.60 bits per heavy atom. The van der Waals surface area contributed by atoms with E-state index < -0.39 is 0 Å². The fourth-order valence-corrected chi connectivity index (χ4v) is 6.40. The molecule has 0 saturated heterocycles. The van der Waals surface area contributed by atoms with Crippen LogP contribution in [-0.4, -0.2) is 9.97 Å². The Bertz CT molecular complexity index is 2140. The Labute approximate surface area is 252 Å². The van der Waals surface area contributed by atoms with Gasteiger partial charge >= 0.3 is 0 Å². The van der Waals surface area contributed by atoms with E-state index in [1.165, 1.54) is 26.9 Å². The minimum absolute atomic E-state index is 0.623. The second-order valence-electron chi connectivity index (χ2n) is 10.4. The molecule has 3 nitrogen and oxygen atoms in total. The van der Waals surface area contributed by atoms with Crippen LogP contribution in [0.5, 0.6) is 0 Å². The SMILES string of the molecule is Brc1ccc2ccc3c(N(c4ccccc4)c4nc(-c5ccccc5)cc(-c5ccccc5)n4)ccc4ccc1c2c43. The van der Waals surface area contributed by atoms with Gasteiger partial charge in [-0.25, -0.2) is 9.97 Å². The highest BCUT2D eigenvalue weighted by Crippen LogP contribution is 2.44. The number of para-hydroxylation sites is 1. The van der Waals surface area contributed by atoms with Crippen molar-refractivity contribution in [3.8, 4) is 22.5 Å². The zero-order chi connectivity index (χ0) is 28.0. The highest BCUT2D eigenvalue weighted by atomic mass is 79.9. The Morgan fingerprint density at radius 1 is 0.476 bits per heavy atom. The molecule has 0 spiro atoms. The van der Waals surface area contributed by atoms with Gasteiger partial charge in [0.2, 0.25) is 5.95 Å². The second-order valence-corrected chi connectivity index (χ2v) is 11.3. The van der Waals surface area contributed by atoms with Gasteiger partial charge in [-0.3, -0.25) is 4.90 Å². The molecular formula is C38H24BrN3. The van der Waals surface area contributed by atoms with E-state index in [-0.39, 0.29) is 0 Å². The summed E-state index contributed by atoms with van der Waals surface area (Å²) in [5.41, 5.74) is 5.88. The van der Waals surface area contributed by atoms with Gasteiger partial charge in [0.25, 0.3) is 0 Å². The zero-order valence-corrected chi connectivity index (χ0v) is 24.2. The van der Waals surface area contributed by atoms with Crippen molar-refractivity contribution in [2.45, 2.75) is 0 Å². The smallest absolute Gasteiger partial charge is 0.235 e. The molecule has 1 aromatic heterocycles. The average Bonchev–Trinajstić information content (AvgIpc) is 3.06. The standard InChI is InChI=1S/C38H24BrN3/c39-32-22-18-27-17-21-31-35(23-19-28-16-20-30(32)36(27)37(28)31)42(29-14-8-3-9-15-29)38-40-33(25-10-4-1-5-11-25)24-34(41-38)26-12-6-2-7-13-26/h1-24H. The Kier molecular flexibility index (Phi) is 5.94. The summed E-state index contributed by atoms with van der Waals surface area (Å²) in [4.78, 5) is 12.6. The molecule has 0 aliphatic rings. The van der Waals surface area contributed by atoms with Gasteiger partial charge in [0.15, 0.2) is 0 Å². The van der Waals surface area contributed by atoms with Gasteiger partial charge in [-0.2, -0.15) is 0 Å². The molecule has 8 rings (SSSR count). The van der Waals surface area contributed by atoms with Crippen molar-refractivity contribution in [2.75, 3.05) is 4.90 Å². The van der Waals surface area contributed by atoms with Crippen molar-refractivity contribution >= 4 is 65.6 Å². The quantitative estimate of drug-likeness (QED) is 0.184. The number of aromatic nitrogens is 2. The number of anilines is 3. The highest BCUT2D eigenvalue weighted by Gasteiger charge is 2.22. The third kappa shape index (κ3) is 4.11. The van der Waals surface area contributed by atoms with Crippen molar-refractivity contribution in [3.05, 3.63) is 150 Å². The molecule has 0 saturated carbocycles. The second kappa shape index (κ2) is 10.1. The van der Waals surface area contributed by atoms with Crippen LogP contribution in [0.3, 0.4) is 0 Å². The van der Waals surface area contributed by atoms with Gasteiger partial charge in [-0.15, -0.1) is 0 Å². The maximum atomic E-state index is 5.21. The van der Waals surface area contributed by atoms with Crippen LogP contribution >= 0.6 is 15.9 Å². The number of nitrogens with zero attached hydrogens (tertiary/aromatic N) is 3. The summed E-state index contributed by atoms with van der Waals surface area (Å²) in [6.45, 7) is 0.